The maximum absolute atomic E-state index is 11.3. The van der Waals surface area contributed by atoms with Crippen molar-refractivity contribution >= 4 is 17.6 Å². The molecule has 0 aromatic heterocycles. The highest BCUT2D eigenvalue weighted by atomic mass is 35.5. The molecule has 1 unspecified atom stereocenters. The van der Waals surface area contributed by atoms with E-state index in [0.29, 0.717) is 17.0 Å². The normalized spacial score (nSPS) is 14.4. The van der Waals surface area contributed by atoms with Gasteiger partial charge in [0.05, 0.1) is 0 Å². The molecule has 1 aromatic rings. The van der Waals surface area contributed by atoms with Gasteiger partial charge < -0.3 is 10.8 Å². The molecule has 1 atom stereocenters. The standard InChI is InChI=1S/C12H16ClNO2/c1-2-3-7-12(14,11(15)16)9-5-4-6-10(13)8-9/h4-6,8H,2-3,7,14H2,1H3,(H,15,16). The average molecular weight is 242 g/mol. The molecule has 3 N–H and O–H groups in total. The summed E-state index contributed by atoms with van der Waals surface area (Å²) in [6.07, 6.45) is 2.10. The highest BCUT2D eigenvalue weighted by Gasteiger charge is 2.35. The fraction of sp³-hybridized carbons (Fsp3) is 0.417. The van der Waals surface area contributed by atoms with E-state index < -0.39 is 11.5 Å². The van der Waals surface area contributed by atoms with Crippen LogP contribution in [0.3, 0.4) is 0 Å². The number of halogens is 1. The minimum atomic E-state index is -1.33. The van der Waals surface area contributed by atoms with Gasteiger partial charge in [0.1, 0.15) is 5.54 Å². The van der Waals surface area contributed by atoms with Crippen LogP contribution in [0.1, 0.15) is 31.7 Å². The molecule has 0 aliphatic rings. The van der Waals surface area contributed by atoms with Crippen LogP contribution in [0.4, 0.5) is 0 Å². The van der Waals surface area contributed by atoms with Gasteiger partial charge in [-0.05, 0) is 24.1 Å². The molecule has 0 saturated heterocycles. The minimum Gasteiger partial charge on any atom is -0.480 e. The van der Waals surface area contributed by atoms with E-state index in [1.165, 1.54) is 0 Å². The molecule has 88 valence electrons. The third kappa shape index (κ3) is 2.74. The third-order valence-corrected chi connectivity index (χ3v) is 2.88. The Morgan fingerprint density at radius 3 is 2.75 bits per heavy atom. The molecule has 3 nitrogen and oxygen atoms in total. The summed E-state index contributed by atoms with van der Waals surface area (Å²) in [6, 6.07) is 6.74. The second kappa shape index (κ2) is 5.32. The Bertz CT molecular complexity index is 381. The fourth-order valence-corrected chi connectivity index (χ4v) is 1.79. The fourth-order valence-electron chi connectivity index (χ4n) is 1.60. The van der Waals surface area contributed by atoms with Crippen molar-refractivity contribution in [1.29, 1.82) is 0 Å². The van der Waals surface area contributed by atoms with Gasteiger partial charge in [-0.15, -0.1) is 0 Å². The van der Waals surface area contributed by atoms with Gasteiger partial charge in [-0.3, -0.25) is 0 Å². The molecule has 0 aliphatic carbocycles. The van der Waals surface area contributed by atoms with Gasteiger partial charge in [-0.2, -0.15) is 0 Å². The Kier molecular flexibility index (Phi) is 4.33. The lowest BCUT2D eigenvalue weighted by Crippen LogP contribution is -2.44. The Balaban J connectivity index is 3.06. The number of carboxylic acid groups (broad SMARTS) is 1. The first kappa shape index (κ1) is 13.0. The van der Waals surface area contributed by atoms with Crippen LogP contribution in [0.5, 0.6) is 0 Å². The zero-order valence-electron chi connectivity index (χ0n) is 9.24. The summed E-state index contributed by atoms with van der Waals surface area (Å²) in [4.78, 5) is 11.3. The SMILES string of the molecule is CCCCC(N)(C(=O)O)c1cccc(Cl)c1. The molecule has 0 bridgehead atoms. The number of rotatable bonds is 5. The molecule has 1 rings (SSSR count). The molecule has 0 saturated carbocycles. The van der Waals surface area contributed by atoms with Crippen molar-refractivity contribution in [2.45, 2.75) is 31.7 Å². The summed E-state index contributed by atoms with van der Waals surface area (Å²) < 4.78 is 0. The summed E-state index contributed by atoms with van der Waals surface area (Å²) in [5, 5.41) is 9.74. The molecule has 1 aromatic carbocycles. The van der Waals surface area contributed by atoms with E-state index in [1.807, 2.05) is 6.92 Å². The van der Waals surface area contributed by atoms with Crippen LogP contribution in [-0.4, -0.2) is 11.1 Å². The van der Waals surface area contributed by atoms with E-state index in [1.54, 1.807) is 24.3 Å². The predicted octanol–water partition coefficient (Wildman–Crippen LogP) is 2.77. The highest BCUT2D eigenvalue weighted by Crippen LogP contribution is 2.27. The molecule has 0 heterocycles. The van der Waals surface area contributed by atoms with Gasteiger partial charge in [-0.1, -0.05) is 43.5 Å². The van der Waals surface area contributed by atoms with Crippen LogP contribution in [-0.2, 0) is 10.3 Å². The number of hydrogen-bond acceptors (Lipinski definition) is 2. The van der Waals surface area contributed by atoms with Crippen molar-refractivity contribution < 1.29 is 9.90 Å². The van der Waals surface area contributed by atoms with Gasteiger partial charge in [0.25, 0.3) is 0 Å². The lowest BCUT2D eigenvalue weighted by Gasteiger charge is -2.25. The maximum atomic E-state index is 11.3. The summed E-state index contributed by atoms with van der Waals surface area (Å²) in [6.45, 7) is 2.00. The lowest BCUT2D eigenvalue weighted by molar-refractivity contribution is -0.144. The molecule has 16 heavy (non-hydrogen) atoms. The van der Waals surface area contributed by atoms with Crippen LogP contribution >= 0.6 is 11.6 Å². The molecule has 0 fully saturated rings. The highest BCUT2D eigenvalue weighted by molar-refractivity contribution is 6.30. The predicted molar refractivity (Wildman–Crippen MR) is 64.5 cm³/mol. The Morgan fingerprint density at radius 1 is 1.56 bits per heavy atom. The zero-order chi connectivity index (χ0) is 12.2. The first-order chi connectivity index (χ1) is 7.50. The largest absolute Gasteiger partial charge is 0.480 e. The average Bonchev–Trinajstić information content (AvgIpc) is 2.25. The quantitative estimate of drug-likeness (QED) is 0.833. The van der Waals surface area contributed by atoms with Crippen molar-refractivity contribution in [2.24, 2.45) is 5.73 Å². The van der Waals surface area contributed by atoms with Crippen molar-refractivity contribution in [3.63, 3.8) is 0 Å². The van der Waals surface area contributed by atoms with E-state index >= 15 is 0 Å². The minimum absolute atomic E-state index is 0.416. The van der Waals surface area contributed by atoms with Gasteiger partial charge in [0, 0.05) is 5.02 Å². The second-order valence-electron chi connectivity index (χ2n) is 3.89. The van der Waals surface area contributed by atoms with Crippen LogP contribution in [0.15, 0.2) is 24.3 Å². The number of unbranched alkanes of at least 4 members (excludes halogenated alkanes) is 1. The summed E-state index contributed by atoms with van der Waals surface area (Å²) >= 11 is 5.84. The van der Waals surface area contributed by atoms with Crippen LogP contribution in [0.25, 0.3) is 0 Å². The van der Waals surface area contributed by atoms with Crippen molar-refractivity contribution in [2.75, 3.05) is 0 Å². The van der Waals surface area contributed by atoms with Gasteiger partial charge in [-0.25, -0.2) is 4.79 Å². The summed E-state index contributed by atoms with van der Waals surface area (Å²) in [5.41, 5.74) is 5.18. The summed E-state index contributed by atoms with van der Waals surface area (Å²) in [5.74, 6) is -1.01. The van der Waals surface area contributed by atoms with Gasteiger partial charge in [0.15, 0.2) is 0 Å². The molecule has 4 heteroatoms. The number of nitrogens with two attached hydrogens (primary N) is 1. The second-order valence-corrected chi connectivity index (χ2v) is 4.33. The molecule has 0 radical (unpaired) electrons. The monoisotopic (exact) mass is 241 g/mol. The molecular weight excluding hydrogens is 226 g/mol. The van der Waals surface area contributed by atoms with E-state index in [2.05, 4.69) is 0 Å². The first-order valence-corrected chi connectivity index (χ1v) is 5.67. The maximum Gasteiger partial charge on any atom is 0.328 e. The molecule has 0 aliphatic heterocycles. The number of aliphatic carboxylic acids is 1. The lowest BCUT2D eigenvalue weighted by atomic mass is 9.86. The molecule has 0 spiro atoms. The molecule has 0 amide bonds. The smallest absolute Gasteiger partial charge is 0.328 e. The van der Waals surface area contributed by atoms with E-state index in [9.17, 15) is 9.90 Å². The van der Waals surface area contributed by atoms with Crippen molar-refractivity contribution in [3.05, 3.63) is 34.9 Å². The Hall–Kier alpha value is -1.06. The first-order valence-electron chi connectivity index (χ1n) is 5.29. The topological polar surface area (TPSA) is 63.3 Å². The number of benzene rings is 1. The van der Waals surface area contributed by atoms with Gasteiger partial charge >= 0.3 is 5.97 Å². The van der Waals surface area contributed by atoms with E-state index in [0.717, 1.165) is 12.8 Å². The third-order valence-electron chi connectivity index (χ3n) is 2.65. The van der Waals surface area contributed by atoms with Crippen molar-refractivity contribution in [3.8, 4) is 0 Å². The Labute approximate surface area is 100 Å². The van der Waals surface area contributed by atoms with Crippen LogP contribution in [0.2, 0.25) is 5.02 Å². The van der Waals surface area contributed by atoms with E-state index in [4.69, 9.17) is 17.3 Å². The van der Waals surface area contributed by atoms with Crippen LogP contribution in [0, 0.1) is 0 Å². The van der Waals surface area contributed by atoms with Gasteiger partial charge in [0.2, 0.25) is 0 Å². The number of carbonyl (C=O) groups is 1. The van der Waals surface area contributed by atoms with Crippen LogP contribution < -0.4 is 5.73 Å². The Morgan fingerprint density at radius 2 is 2.25 bits per heavy atom. The number of hydrogen-bond donors (Lipinski definition) is 2. The zero-order valence-corrected chi connectivity index (χ0v) is 10.00. The van der Waals surface area contributed by atoms with E-state index in [-0.39, 0.29) is 0 Å². The summed E-state index contributed by atoms with van der Waals surface area (Å²) in [7, 11) is 0. The number of carboxylic acids is 1. The molecular formula is C12H16ClNO2. The van der Waals surface area contributed by atoms with Crippen molar-refractivity contribution in [1.82, 2.24) is 0 Å².